The average molecular weight is 465 g/mol. The normalized spacial score (nSPS) is 24.2. The quantitative estimate of drug-likeness (QED) is 0.388. The van der Waals surface area contributed by atoms with Crippen molar-refractivity contribution in [2.45, 2.75) is 50.6 Å². The van der Waals surface area contributed by atoms with E-state index in [1.54, 1.807) is 23.9 Å². The van der Waals surface area contributed by atoms with Gasteiger partial charge in [0, 0.05) is 17.3 Å². The molecule has 1 saturated heterocycles. The molecule has 1 aliphatic heterocycles. The van der Waals surface area contributed by atoms with Gasteiger partial charge in [-0.25, -0.2) is 0 Å². The van der Waals surface area contributed by atoms with E-state index in [0.717, 1.165) is 36.1 Å². The van der Waals surface area contributed by atoms with Crippen LogP contribution in [0.2, 0.25) is 0 Å². The summed E-state index contributed by atoms with van der Waals surface area (Å²) in [5, 5.41) is 14.0. The van der Waals surface area contributed by atoms with Gasteiger partial charge >= 0.3 is 0 Å². The highest BCUT2D eigenvalue weighted by Gasteiger charge is 2.42. The van der Waals surface area contributed by atoms with Crippen molar-refractivity contribution < 1.29 is 14.6 Å². The first kappa shape index (κ1) is 23.3. The number of aromatic hydroxyl groups is 1. The minimum absolute atomic E-state index is 0.0597. The van der Waals surface area contributed by atoms with Crippen LogP contribution in [0.25, 0.3) is 6.08 Å². The molecular weight excluding hydrogens is 432 g/mol. The topological polar surface area (TPSA) is 61.8 Å². The maximum Gasteiger partial charge on any atom is 0.262 e. The van der Waals surface area contributed by atoms with E-state index in [2.05, 4.69) is 23.7 Å². The molecule has 1 amide bonds. The molecule has 1 saturated carbocycles. The van der Waals surface area contributed by atoms with Crippen molar-refractivity contribution in [1.29, 1.82) is 0 Å². The fourth-order valence-electron chi connectivity index (χ4n) is 4.76. The van der Waals surface area contributed by atoms with Gasteiger partial charge in [0.15, 0.2) is 17.0 Å². The summed E-state index contributed by atoms with van der Waals surface area (Å²) in [5.74, 6) is 1.04. The van der Waals surface area contributed by atoms with E-state index in [9.17, 15) is 9.90 Å². The number of anilines is 1. The van der Waals surface area contributed by atoms with Crippen LogP contribution in [0, 0.1) is 5.92 Å². The first-order valence-electron chi connectivity index (χ1n) is 11.5. The Balaban J connectivity index is 1.69. The predicted molar refractivity (Wildman–Crippen MR) is 136 cm³/mol. The Morgan fingerprint density at radius 2 is 2.00 bits per heavy atom. The zero-order valence-electron chi connectivity index (χ0n) is 19.3. The van der Waals surface area contributed by atoms with Crippen LogP contribution in [0.3, 0.4) is 0 Å². The van der Waals surface area contributed by atoms with Crippen LogP contribution in [-0.4, -0.2) is 34.6 Å². The van der Waals surface area contributed by atoms with E-state index >= 15 is 0 Å². The summed E-state index contributed by atoms with van der Waals surface area (Å²) in [6, 6.07) is 13.9. The fourth-order valence-corrected chi connectivity index (χ4v) is 5.97. The summed E-state index contributed by atoms with van der Waals surface area (Å²) in [7, 11) is 1.53. The molecule has 2 aliphatic rings. The highest BCUT2D eigenvalue weighted by Crippen LogP contribution is 2.43. The number of hydrogen-bond donors (Lipinski definition) is 2. The molecule has 0 radical (unpaired) electrons. The van der Waals surface area contributed by atoms with Crippen LogP contribution in [-0.2, 0) is 11.2 Å². The second-order valence-electron chi connectivity index (χ2n) is 8.75. The molecule has 0 bridgehead atoms. The number of phenolic OH excluding ortho intramolecular Hbond substituents is 1. The van der Waals surface area contributed by atoms with Gasteiger partial charge in [0.25, 0.3) is 5.91 Å². The van der Waals surface area contributed by atoms with Crippen LogP contribution in [0.1, 0.15) is 43.7 Å². The highest BCUT2D eigenvalue weighted by atomic mass is 32.2. The monoisotopic (exact) mass is 464 g/mol. The number of para-hydroxylation sites is 1. The van der Waals surface area contributed by atoms with E-state index in [0.29, 0.717) is 23.0 Å². The maximum atomic E-state index is 13.7. The maximum absolute atomic E-state index is 13.7. The van der Waals surface area contributed by atoms with E-state index in [1.807, 2.05) is 42.5 Å². The SMILES string of the molecule is C=CCc1cc(/C=C2\SC(Nc3ccccc3)N([C@@H]3CCCC[C@@H]3C)C2=O)cc(OC)c1O. The van der Waals surface area contributed by atoms with Crippen LogP contribution < -0.4 is 10.1 Å². The Kier molecular flexibility index (Phi) is 7.33. The lowest BCUT2D eigenvalue weighted by molar-refractivity contribution is -0.129. The van der Waals surface area contributed by atoms with E-state index in [4.69, 9.17) is 4.74 Å². The first-order chi connectivity index (χ1) is 16.0. The summed E-state index contributed by atoms with van der Waals surface area (Å²) in [4.78, 5) is 16.4. The lowest BCUT2D eigenvalue weighted by Gasteiger charge is -2.39. The Morgan fingerprint density at radius 3 is 2.70 bits per heavy atom. The molecule has 0 spiro atoms. The lowest BCUT2D eigenvalue weighted by Crippen LogP contribution is -2.48. The third kappa shape index (κ3) is 5.06. The highest BCUT2D eigenvalue weighted by molar-refractivity contribution is 8.05. The van der Waals surface area contributed by atoms with Gasteiger partial charge in [-0.15, -0.1) is 6.58 Å². The zero-order valence-corrected chi connectivity index (χ0v) is 20.1. The van der Waals surface area contributed by atoms with Crippen LogP contribution in [0.15, 0.2) is 60.0 Å². The van der Waals surface area contributed by atoms with Crippen molar-refractivity contribution in [3.63, 3.8) is 0 Å². The Labute approximate surface area is 200 Å². The number of nitrogens with one attached hydrogen (secondary N) is 1. The molecular formula is C27H32N2O3S. The van der Waals surface area contributed by atoms with Gasteiger partial charge in [-0.1, -0.05) is 55.8 Å². The van der Waals surface area contributed by atoms with Crippen LogP contribution in [0.5, 0.6) is 11.5 Å². The fraction of sp³-hybridized carbons (Fsp3) is 0.370. The van der Waals surface area contributed by atoms with Gasteiger partial charge in [-0.05, 0) is 61.1 Å². The van der Waals surface area contributed by atoms with Crippen molar-refractivity contribution in [2.24, 2.45) is 5.92 Å². The molecule has 6 heteroatoms. The Morgan fingerprint density at radius 1 is 1.24 bits per heavy atom. The zero-order chi connectivity index (χ0) is 23.4. The standard InChI is InChI=1S/C27H32N2O3S/c1-4-10-20-15-19(16-23(32-3)25(20)30)17-24-26(31)29(22-14-9-8-11-18(22)2)27(33-24)28-21-12-6-5-7-13-21/h4-7,12-13,15-18,22,27-28,30H,1,8-11,14H2,2-3H3/b24-17-/t18-,22+,27?/m0/s1. The summed E-state index contributed by atoms with van der Waals surface area (Å²) < 4.78 is 5.37. The van der Waals surface area contributed by atoms with E-state index < -0.39 is 0 Å². The molecule has 4 rings (SSSR count). The minimum atomic E-state index is -0.164. The second kappa shape index (κ2) is 10.4. The van der Waals surface area contributed by atoms with Crippen LogP contribution in [0.4, 0.5) is 5.69 Å². The summed E-state index contributed by atoms with van der Waals surface area (Å²) >= 11 is 1.55. The Hall–Kier alpha value is -2.86. The van der Waals surface area contributed by atoms with Crippen molar-refractivity contribution in [1.82, 2.24) is 4.90 Å². The number of rotatable bonds is 7. The number of benzene rings is 2. The summed E-state index contributed by atoms with van der Waals surface area (Å²) in [6.45, 7) is 6.04. The van der Waals surface area contributed by atoms with Gasteiger partial charge in [-0.3, -0.25) is 4.79 Å². The minimum Gasteiger partial charge on any atom is -0.504 e. The van der Waals surface area contributed by atoms with Crippen molar-refractivity contribution >= 4 is 29.4 Å². The third-order valence-electron chi connectivity index (χ3n) is 6.48. The predicted octanol–water partition coefficient (Wildman–Crippen LogP) is 6.02. The molecule has 3 atom stereocenters. The molecule has 2 N–H and O–H groups in total. The molecule has 1 unspecified atom stereocenters. The van der Waals surface area contributed by atoms with Crippen molar-refractivity contribution in [3.8, 4) is 11.5 Å². The number of thioether (sulfide) groups is 1. The molecule has 174 valence electrons. The summed E-state index contributed by atoms with van der Waals surface area (Å²) in [5.41, 5.74) is 2.39. The smallest absolute Gasteiger partial charge is 0.262 e. The molecule has 1 heterocycles. The van der Waals surface area contributed by atoms with Crippen molar-refractivity contribution in [2.75, 3.05) is 12.4 Å². The first-order valence-corrected chi connectivity index (χ1v) is 12.4. The number of amides is 1. The largest absolute Gasteiger partial charge is 0.504 e. The Bertz CT molecular complexity index is 1040. The number of phenols is 1. The number of hydrogen-bond acceptors (Lipinski definition) is 5. The molecule has 5 nitrogen and oxygen atoms in total. The third-order valence-corrected chi connectivity index (χ3v) is 7.60. The number of carbonyl (C=O) groups excluding carboxylic acids is 1. The number of ether oxygens (including phenoxy) is 1. The van der Waals surface area contributed by atoms with Crippen LogP contribution >= 0.6 is 11.8 Å². The number of methoxy groups -OCH3 is 1. The lowest BCUT2D eigenvalue weighted by atomic mass is 9.85. The van der Waals surface area contributed by atoms with E-state index in [1.165, 1.54) is 13.5 Å². The second-order valence-corrected chi connectivity index (χ2v) is 9.88. The van der Waals surface area contributed by atoms with Gasteiger partial charge in [-0.2, -0.15) is 0 Å². The number of allylic oxidation sites excluding steroid dienone is 1. The van der Waals surface area contributed by atoms with Gasteiger partial charge in [0.1, 0.15) is 0 Å². The van der Waals surface area contributed by atoms with Gasteiger partial charge in [0.2, 0.25) is 0 Å². The average Bonchev–Trinajstić information content (AvgIpc) is 3.11. The molecule has 2 fully saturated rings. The molecule has 1 aliphatic carbocycles. The number of carbonyl (C=O) groups is 1. The number of nitrogens with zero attached hydrogens (tertiary/aromatic N) is 1. The van der Waals surface area contributed by atoms with E-state index in [-0.39, 0.29) is 23.2 Å². The molecule has 33 heavy (non-hydrogen) atoms. The van der Waals surface area contributed by atoms with Gasteiger partial charge < -0.3 is 20.1 Å². The van der Waals surface area contributed by atoms with Crippen molar-refractivity contribution in [3.05, 3.63) is 71.2 Å². The molecule has 2 aromatic carbocycles. The molecule has 0 aromatic heterocycles. The summed E-state index contributed by atoms with van der Waals surface area (Å²) in [6.07, 6.45) is 8.73. The molecule has 2 aromatic rings. The van der Waals surface area contributed by atoms with Gasteiger partial charge in [0.05, 0.1) is 12.0 Å².